The summed E-state index contributed by atoms with van der Waals surface area (Å²) >= 11 is 0. The van der Waals surface area contributed by atoms with Gasteiger partial charge in [-0.2, -0.15) is 0 Å². The highest BCUT2D eigenvalue weighted by Crippen LogP contribution is 2.28. The highest BCUT2D eigenvalue weighted by Gasteiger charge is 2.41. The van der Waals surface area contributed by atoms with Gasteiger partial charge in [-0.15, -0.1) is 0 Å². The molecule has 1 atom stereocenters. The van der Waals surface area contributed by atoms with E-state index in [1.54, 1.807) is 30.3 Å². The lowest BCUT2D eigenvalue weighted by Gasteiger charge is -2.19. The quantitative estimate of drug-likeness (QED) is 0.340. The molecule has 0 saturated carbocycles. The molecule has 5 heteroatoms. The van der Waals surface area contributed by atoms with Crippen LogP contribution in [0.25, 0.3) is 0 Å². The Bertz CT molecular complexity index is 369. The molecule has 0 aliphatic carbocycles. The molecule has 0 bridgehead atoms. The number of benzene rings is 1. The van der Waals surface area contributed by atoms with E-state index >= 15 is 0 Å². The first-order valence-electron chi connectivity index (χ1n) is 6.53. The minimum Gasteiger partial charge on any atom is -0.412 e. The predicted octanol–water partition coefficient (Wildman–Crippen LogP) is 2.64. The summed E-state index contributed by atoms with van der Waals surface area (Å²) in [6, 6.07) is 8.41. The SMILES string of the molecule is CCCCCCCC(O)(c1ccccc1)[N+](=O)[O-].O. The molecule has 1 rings (SSSR count). The first kappa shape index (κ1) is 17.5. The van der Waals surface area contributed by atoms with Crippen molar-refractivity contribution in [3.05, 3.63) is 46.0 Å². The van der Waals surface area contributed by atoms with Crippen LogP contribution in [0.15, 0.2) is 30.3 Å². The van der Waals surface area contributed by atoms with E-state index in [1.807, 2.05) is 0 Å². The molecule has 1 aromatic rings. The van der Waals surface area contributed by atoms with Crippen molar-refractivity contribution in [2.45, 2.75) is 51.2 Å². The van der Waals surface area contributed by atoms with Crippen molar-refractivity contribution in [2.75, 3.05) is 0 Å². The zero-order chi connectivity index (χ0) is 13.4. The van der Waals surface area contributed by atoms with Crippen LogP contribution in [-0.4, -0.2) is 15.5 Å². The fraction of sp³-hybridized carbons (Fsp3) is 0.571. The normalized spacial score (nSPS) is 13.4. The summed E-state index contributed by atoms with van der Waals surface area (Å²) in [5, 5.41) is 21.3. The number of hydrogen-bond acceptors (Lipinski definition) is 3. The van der Waals surface area contributed by atoms with Crippen molar-refractivity contribution >= 4 is 0 Å². The minimum absolute atomic E-state index is 0. The number of rotatable bonds is 8. The lowest BCUT2D eigenvalue weighted by atomic mass is 9.96. The van der Waals surface area contributed by atoms with Gasteiger partial charge in [0.15, 0.2) is 0 Å². The van der Waals surface area contributed by atoms with Gasteiger partial charge in [-0.05, 0) is 18.6 Å². The second-order valence-electron chi connectivity index (χ2n) is 4.60. The molecule has 0 fully saturated rings. The molecule has 0 aromatic heterocycles. The van der Waals surface area contributed by atoms with E-state index in [4.69, 9.17) is 0 Å². The first-order chi connectivity index (χ1) is 8.61. The van der Waals surface area contributed by atoms with Crippen LogP contribution < -0.4 is 0 Å². The number of nitrogens with zero attached hydrogens (tertiary/aromatic N) is 1. The minimum atomic E-state index is -1.94. The number of nitro groups is 1. The highest BCUT2D eigenvalue weighted by molar-refractivity contribution is 5.19. The molecule has 3 N–H and O–H groups in total. The van der Waals surface area contributed by atoms with Crippen LogP contribution in [0.3, 0.4) is 0 Å². The second-order valence-corrected chi connectivity index (χ2v) is 4.60. The summed E-state index contributed by atoms with van der Waals surface area (Å²) < 4.78 is 0. The Kier molecular flexibility index (Phi) is 7.95. The lowest BCUT2D eigenvalue weighted by Crippen LogP contribution is -2.35. The average Bonchev–Trinajstić information content (AvgIpc) is 2.39. The van der Waals surface area contributed by atoms with Crippen molar-refractivity contribution < 1.29 is 15.5 Å². The second kappa shape index (κ2) is 8.61. The lowest BCUT2D eigenvalue weighted by molar-refractivity contribution is -0.637. The van der Waals surface area contributed by atoms with Crippen LogP contribution in [0.4, 0.5) is 0 Å². The molecular weight excluding hydrogens is 246 g/mol. The van der Waals surface area contributed by atoms with Crippen LogP contribution in [0.1, 0.15) is 51.0 Å². The van der Waals surface area contributed by atoms with Crippen molar-refractivity contribution in [3.63, 3.8) is 0 Å². The Balaban J connectivity index is 0.00000324. The van der Waals surface area contributed by atoms with Gasteiger partial charge < -0.3 is 10.6 Å². The van der Waals surface area contributed by atoms with E-state index in [0.717, 1.165) is 25.7 Å². The van der Waals surface area contributed by atoms with Gasteiger partial charge in [0.2, 0.25) is 0 Å². The maximum Gasteiger partial charge on any atom is 0.348 e. The summed E-state index contributed by atoms with van der Waals surface area (Å²) in [5.74, 6) is 0. The Morgan fingerprint density at radius 2 is 1.74 bits per heavy atom. The number of hydrogen-bond donors (Lipinski definition) is 1. The predicted molar refractivity (Wildman–Crippen MR) is 74.3 cm³/mol. The van der Waals surface area contributed by atoms with Crippen LogP contribution in [0.5, 0.6) is 0 Å². The summed E-state index contributed by atoms with van der Waals surface area (Å²) in [6.07, 6.45) is 5.12. The van der Waals surface area contributed by atoms with Gasteiger partial charge in [0, 0.05) is 0 Å². The Morgan fingerprint density at radius 1 is 1.16 bits per heavy atom. The zero-order valence-electron chi connectivity index (χ0n) is 11.3. The van der Waals surface area contributed by atoms with Gasteiger partial charge in [0.25, 0.3) is 0 Å². The highest BCUT2D eigenvalue weighted by atomic mass is 16.7. The number of aliphatic hydroxyl groups is 1. The molecular formula is C14H23NO4. The third-order valence-electron chi connectivity index (χ3n) is 3.17. The van der Waals surface area contributed by atoms with Crippen molar-refractivity contribution in [1.82, 2.24) is 0 Å². The fourth-order valence-electron chi connectivity index (χ4n) is 2.02. The van der Waals surface area contributed by atoms with Gasteiger partial charge in [-0.25, -0.2) is 0 Å². The number of unbranched alkanes of at least 4 members (excludes halogenated alkanes) is 4. The molecule has 0 heterocycles. The summed E-state index contributed by atoms with van der Waals surface area (Å²) in [6.45, 7) is 2.12. The van der Waals surface area contributed by atoms with Gasteiger partial charge >= 0.3 is 5.72 Å². The van der Waals surface area contributed by atoms with Crippen molar-refractivity contribution in [2.24, 2.45) is 0 Å². The summed E-state index contributed by atoms with van der Waals surface area (Å²) in [7, 11) is 0. The van der Waals surface area contributed by atoms with Crippen LogP contribution in [0, 0.1) is 10.1 Å². The van der Waals surface area contributed by atoms with E-state index in [-0.39, 0.29) is 11.9 Å². The Morgan fingerprint density at radius 3 is 2.26 bits per heavy atom. The van der Waals surface area contributed by atoms with E-state index in [2.05, 4.69) is 6.92 Å². The van der Waals surface area contributed by atoms with Gasteiger partial charge in [-0.1, -0.05) is 50.8 Å². The van der Waals surface area contributed by atoms with Gasteiger partial charge in [0.1, 0.15) is 0 Å². The Labute approximate surface area is 113 Å². The standard InChI is InChI=1S/C14H21NO3.H2O/c1-2-3-4-5-9-12-14(16,15(17)18)13-10-7-6-8-11-13;/h6-8,10-11,16H,2-5,9,12H2,1H3;1H2. The third-order valence-corrected chi connectivity index (χ3v) is 3.17. The van der Waals surface area contributed by atoms with Gasteiger partial charge in [0.05, 0.1) is 16.9 Å². The largest absolute Gasteiger partial charge is 0.412 e. The molecule has 5 nitrogen and oxygen atoms in total. The average molecular weight is 269 g/mol. The molecule has 1 aromatic carbocycles. The molecule has 19 heavy (non-hydrogen) atoms. The zero-order valence-corrected chi connectivity index (χ0v) is 11.3. The molecule has 108 valence electrons. The topological polar surface area (TPSA) is 94.9 Å². The fourth-order valence-corrected chi connectivity index (χ4v) is 2.02. The van der Waals surface area contributed by atoms with Crippen LogP contribution >= 0.6 is 0 Å². The summed E-state index contributed by atoms with van der Waals surface area (Å²) in [5.41, 5.74) is -1.57. The maximum absolute atomic E-state index is 11.1. The monoisotopic (exact) mass is 269 g/mol. The molecule has 1 unspecified atom stereocenters. The van der Waals surface area contributed by atoms with E-state index in [9.17, 15) is 15.2 Å². The van der Waals surface area contributed by atoms with E-state index in [1.165, 1.54) is 0 Å². The molecule has 0 saturated heterocycles. The van der Waals surface area contributed by atoms with E-state index in [0.29, 0.717) is 12.0 Å². The summed E-state index contributed by atoms with van der Waals surface area (Å²) in [4.78, 5) is 10.5. The first-order valence-corrected chi connectivity index (χ1v) is 6.53. The van der Waals surface area contributed by atoms with Crippen LogP contribution in [0.2, 0.25) is 0 Å². The van der Waals surface area contributed by atoms with Crippen LogP contribution in [-0.2, 0) is 5.72 Å². The molecule has 0 aliphatic heterocycles. The van der Waals surface area contributed by atoms with Gasteiger partial charge in [-0.3, -0.25) is 10.1 Å². The smallest absolute Gasteiger partial charge is 0.348 e. The molecule has 0 aliphatic rings. The molecule has 0 radical (unpaired) electrons. The Hall–Kier alpha value is -1.46. The van der Waals surface area contributed by atoms with Crippen molar-refractivity contribution in [1.29, 1.82) is 0 Å². The maximum atomic E-state index is 11.1. The molecule has 0 spiro atoms. The van der Waals surface area contributed by atoms with Crippen molar-refractivity contribution in [3.8, 4) is 0 Å². The van der Waals surface area contributed by atoms with E-state index < -0.39 is 10.6 Å². The molecule has 0 amide bonds. The third kappa shape index (κ3) is 4.96.